The molecule has 6 aliphatic rings. The number of nitrogens with zero attached hydrogens (tertiary/aromatic N) is 9. The standard InChI is InChI=1S/C42H33N15O3/c1-22-16-31(37(58)34(19-22)55-49-25-10-4-5-11-26(25)50-55)43-40-46-41(44-32-17-23(2)20-35(38(32)59)56-51-27-12-6-7-13-28(27)52-56)48-42(47-40)45-33-18-24(3)21-36(39(33)60)57-53-29-14-8-9-15-30(29)54-57/h4-21,49-54H,1-3H3/b43-31+,44-32+,45-33+. The van der Waals surface area contributed by atoms with Gasteiger partial charge < -0.3 is 0 Å². The zero-order valence-electron chi connectivity index (χ0n) is 32.1. The second-order valence-electron chi connectivity index (χ2n) is 14.3. The van der Waals surface area contributed by atoms with Gasteiger partial charge in [-0.15, -0.1) is 0 Å². The van der Waals surface area contributed by atoms with E-state index in [1.165, 1.54) is 15.4 Å². The minimum Gasteiger partial charge on any atom is -0.285 e. The van der Waals surface area contributed by atoms with Crippen molar-refractivity contribution in [3.63, 3.8) is 0 Å². The molecule has 3 aromatic carbocycles. The molecule has 60 heavy (non-hydrogen) atoms. The number of ketones is 3. The first-order chi connectivity index (χ1) is 29.1. The van der Waals surface area contributed by atoms with E-state index in [0.29, 0.717) is 0 Å². The number of hydrogen-bond acceptors (Lipinski definition) is 18. The van der Waals surface area contributed by atoms with Crippen molar-refractivity contribution in [2.24, 2.45) is 15.0 Å². The number of hydrazine groups is 6. The lowest BCUT2D eigenvalue weighted by molar-refractivity contribution is -0.111. The monoisotopic (exact) mass is 795 g/mol. The summed E-state index contributed by atoms with van der Waals surface area (Å²) in [5.41, 5.74) is 27.0. The number of allylic oxidation sites excluding steroid dienone is 12. The summed E-state index contributed by atoms with van der Waals surface area (Å²) in [7, 11) is 0. The Bertz CT molecular complexity index is 2500. The highest BCUT2D eigenvalue weighted by atomic mass is 16.1. The van der Waals surface area contributed by atoms with Crippen LogP contribution in [0.2, 0.25) is 0 Å². The molecule has 0 saturated heterocycles. The van der Waals surface area contributed by atoms with Gasteiger partial charge in [-0.2, -0.15) is 30.3 Å². The van der Waals surface area contributed by atoms with Crippen molar-refractivity contribution in [3.05, 3.63) is 143 Å². The van der Waals surface area contributed by atoms with E-state index in [9.17, 15) is 14.4 Å². The van der Waals surface area contributed by atoms with Crippen molar-refractivity contribution in [3.8, 4) is 0 Å². The summed E-state index contributed by atoms with van der Waals surface area (Å²) in [6.07, 6.45) is 10.0. The van der Waals surface area contributed by atoms with E-state index < -0.39 is 17.3 Å². The normalized spacial score (nSPS) is 19.8. The summed E-state index contributed by atoms with van der Waals surface area (Å²) >= 11 is 0. The maximum atomic E-state index is 14.0. The quantitative estimate of drug-likeness (QED) is 0.118. The lowest BCUT2D eigenvalue weighted by Gasteiger charge is -2.23. The highest BCUT2D eigenvalue weighted by Gasteiger charge is 2.32. The number of rotatable bonds is 6. The van der Waals surface area contributed by atoms with E-state index in [1.807, 2.05) is 93.6 Å². The third-order valence-corrected chi connectivity index (χ3v) is 9.74. The van der Waals surface area contributed by atoms with Gasteiger partial charge in [0.25, 0.3) is 17.8 Å². The molecule has 18 heteroatoms. The van der Waals surface area contributed by atoms with Gasteiger partial charge in [0.15, 0.2) is 0 Å². The van der Waals surface area contributed by atoms with Crippen LogP contribution in [0.25, 0.3) is 0 Å². The summed E-state index contributed by atoms with van der Waals surface area (Å²) in [6.45, 7) is 5.50. The maximum Gasteiger partial charge on any atom is 0.256 e. The molecular weight excluding hydrogens is 763 g/mol. The molecule has 4 heterocycles. The van der Waals surface area contributed by atoms with Crippen molar-refractivity contribution in [1.29, 1.82) is 0 Å². The zero-order valence-corrected chi connectivity index (χ0v) is 32.1. The Morgan fingerprint density at radius 2 is 0.617 bits per heavy atom. The van der Waals surface area contributed by atoms with Gasteiger partial charge in [-0.3, -0.25) is 46.9 Å². The molecule has 0 atom stereocenters. The van der Waals surface area contributed by atoms with E-state index in [-0.39, 0.29) is 52.1 Å². The molecule has 0 unspecified atom stereocenters. The van der Waals surface area contributed by atoms with Crippen molar-refractivity contribution in [2.75, 3.05) is 32.6 Å². The summed E-state index contributed by atoms with van der Waals surface area (Å²) in [5, 5.41) is 4.57. The number of benzene rings is 3. The lowest BCUT2D eigenvalue weighted by atomic mass is 10.0. The summed E-state index contributed by atoms with van der Waals surface area (Å²) in [5.74, 6) is -1.96. The number of aromatic nitrogens is 3. The fraction of sp³-hybridized carbons (Fsp3) is 0.0714. The molecule has 294 valence electrons. The average molecular weight is 796 g/mol. The van der Waals surface area contributed by atoms with Crippen LogP contribution in [-0.4, -0.2) is 64.8 Å². The fourth-order valence-corrected chi connectivity index (χ4v) is 6.97. The number of hydrogen-bond donors (Lipinski definition) is 6. The molecule has 0 saturated carbocycles. The Labute approximate surface area is 341 Å². The molecular formula is C42H33N15O3. The second-order valence-corrected chi connectivity index (χ2v) is 14.3. The number of Topliss-reactive ketones (excluding diaryl/α,β-unsaturated/α-hetero) is 3. The van der Waals surface area contributed by atoms with Gasteiger partial charge in [-0.25, -0.2) is 15.0 Å². The SMILES string of the molecule is CC1=C/C(=N\c2nc(/N=C3\C=C(C)C=C(N4Nc5ccccc5N4)C3=O)nc(/N=C3\C=C(C)C=C(N4Nc5ccccc5N4)C3=O)n2)C(=O)C(N2Nc3ccccc3N2)=C1. The Morgan fingerprint density at radius 1 is 0.383 bits per heavy atom. The molecule has 3 aliphatic heterocycles. The van der Waals surface area contributed by atoms with Crippen molar-refractivity contribution < 1.29 is 14.4 Å². The molecule has 1 aromatic heterocycles. The van der Waals surface area contributed by atoms with Gasteiger partial charge in [0.2, 0.25) is 17.3 Å². The molecule has 0 spiro atoms. The number of carbonyl (C=O) groups excluding carboxylic acids is 3. The third-order valence-electron chi connectivity index (χ3n) is 9.74. The Kier molecular flexibility index (Phi) is 8.37. The minimum atomic E-state index is -0.431. The third kappa shape index (κ3) is 6.58. The van der Waals surface area contributed by atoms with E-state index >= 15 is 0 Å². The van der Waals surface area contributed by atoms with Crippen LogP contribution in [0.4, 0.5) is 52.0 Å². The number of aliphatic imine (C=N–C) groups is 3. The highest BCUT2D eigenvalue weighted by Crippen LogP contribution is 2.34. The maximum absolute atomic E-state index is 14.0. The first-order valence-electron chi connectivity index (χ1n) is 18.8. The van der Waals surface area contributed by atoms with Gasteiger partial charge in [0.1, 0.15) is 34.2 Å². The fourth-order valence-electron chi connectivity index (χ4n) is 6.97. The molecule has 3 aliphatic carbocycles. The number of anilines is 6. The van der Waals surface area contributed by atoms with Crippen LogP contribution in [0, 0.1) is 0 Å². The van der Waals surface area contributed by atoms with Crippen LogP contribution in [0.1, 0.15) is 20.8 Å². The smallest absolute Gasteiger partial charge is 0.256 e. The van der Waals surface area contributed by atoms with Gasteiger partial charge >= 0.3 is 0 Å². The lowest BCUT2D eigenvalue weighted by Crippen LogP contribution is -2.36. The van der Waals surface area contributed by atoms with E-state index in [1.54, 1.807) is 36.5 Å². The predicted molar refractivity (Wildman–Crippen MR) is 228 cm³/mol. The largest absolute Gasteiger partial charge is 0.285 e. The van der Waals surface area contributed by atoms with Gasteiger partial charge in [-0.05, 0) is 110 Å². The van der Waals surface area contributed by atoms with Gasteiger partial charge in [-0.1, -0.05) is 36.4 Å². The van der Waals surface area contributed by atoms with E-state index in [0.717, 1.165) is 50.8 Å². The van der Waals surface area contributed by atoms with Gasteiger partial charge in [0.05, 0.1) is 34.1 Å². The molecule has 6 N–H and O–H groups in total. The van der Waals surface area contributed by atoms with Crippen LogP contribution in [0.5, 0.6) is 0 Å². The Hall–Kier alpha value is -8.67. The van der Waals surface area contributed by atoms with Crippen molar-refractivity contribution >= 4 is 86.5 Å². The molecule has 18 nitrogen and oxygen atoms in total. The molecule has 10 rings (SSSR count). The molecule has 0 fully saturated rings. The average Bonchev–Trinajstić information content (AvgIpc) is 3.98. The Balaban J connectivity index is 1.01. The number of fused-ring (bicyclic) bond motifs is 3. The highest BCUT2D eigenvalue weighted by molar-refractivity contribution is 6.52. The summed E-state index contributed by atoms with van der Waals surface area (Å²) in [4.78, 5) is 69.3. The molecule has 0 bridgehead atoms. The first kappa shape index (κ1) is 35.7. The molecule has 4 aromatic rings. The van der Waals surface area contributed by atoms with Crippen molar-refractivity contribution in [2.45, 2.75) is 20.8 Å². The second kappa shape index (κ2) is 14.1. The van der Waals surface area contributed by atoms with Gasteiger partial charge in [0, 0.05) is 0 Å². The van der Waals surface area contributed by atoms with Crippen LogP contribution in [0.15, 0.2) is 158 Å². The zero-order chi connectivity index (χ0) is 41.1. The van der Waals surface area contributed by atoms with Crippen LogP contribution < -0.4 is 32.6 Å². The summed E-state index contributed by atoms with van der Waals surface area (Å²) in [6, 6.07) is 22.6. The number of carbonyl (C=O) groups is 3. The Morgan fingerprint density at radius 3 is 0.850 bits per heavy atom. The number of nitrogens with one attached hydrogen (secondary N) is 6. The molecule has 0 amide bonds. The summed E-state index contributed by atoms with van der Waals surface area (Å²) < 4.78 is 0. The van der Waals surface area contributed by atoms with E-state index in [2.05, 4.69) is 62.5 Å². The minimum absolute atomic E-state index is 0.0221. The first-order valence-corrected chi connectivity index (χ1v) is 18.8. The predicted octanol–water partition coefficient (Wildman–Crippen LogP) is 6.34. The van der Waals surface area contributed by atoms with Crippen LogP contribution in [-0.2, 0) is 14.4 Å². The van der Waals surface area contributed by atoms with Crippen LogP contribution >= 0.6 is 0 Å². The number of para-hydroxylation sites is 6. The van der Waals surface area contributed by atoms with Crippen LogP contribution in [0.3, 0.4) is 0 Å². The topological polar surface area (TPSA) is 209 Å². The molecule has 0 radical (unpaired) electrons. The van der Waals surface area contributed by atoms with E-state index in [4.69, 9.17) is 0 Å². The van der Waals surface area contributed by atoms with Crippen molar-refractivity contribution in [1.82, 2.24) is 30.3 Å².